The minimum atomic E-state index is -0.545. The van der Waals surface area contributed by atoms with Crippen LogP contribution in [0.4, 0.5) is 14.9 Å². The summed E-state index contributed by atoms with van der Waals surface area (Å²) in [7, 11) is 0. The molecular weight excluding hydrogens is 393 g/mol. The first-order valence-corrected chi connectivity index (χ1v) is 9.84. The maximum Gasteiger partial charge on any atom is 0.322 e. The van der Waals surface area contributed by atoms with Gasteiger partial charge in [0.1, 0.15) is 5.82 Å². The van der Waals surface area contributed by atoms with E-state index < -0.39 is 5.82 Å². The Bertz CT molecular complexity index is 1100. The second-order valence-corrected chi connectivity index (χ2v) is 7.56. The molecule has 0 bridgehead atoms. The van der Waals surface area contributed by atoms with Gasteiger partial charge in [-0.1, -0.05) is 43.6 Å². The number of nitrogens with one attached hydrogen (secondary N) is 2. The van der Waals surface area contributed by atoms with Crippen LogP contribution in [0, 0.1) is 11.7 Å². The highest BCUT2D eigenvalue weighted by Crippen LogP contribution is 2.33. The molecule has 0 fully saturated rings. The third-order valence-electron chi connectivity index (χ3n) is 4.90. The van der Waals surface area contributed by atoms with Crippen LogP contribution in [0.5, 0.6) is 0 Å². The molecule has 29 heavy (non-hydrogen) atoms. The number of urea groups is 1. The molecule has 0 aliphatic heterocycles. The first-order chi connectivity index (χ1) is 13.8. The highest BCUT2D eigenvalue weighted by atomic mass is 35.5. The summed E-state index contributed by atoms with van der Waals surface area (Å²) in [5, 5.41) is 4.12. The van der Waals surface area contributed by atoms with E-state index in [9.17, 15) is 14.0 Å². The molecule has 0 spiro atoms. The van der Waals surface area contributed by atoms with Crippen LogP contribution in [0.3, 0.4) is 0 Å². The number of amides is 2. The predicted molar refractivity (Wildman–Crippen MR) is 115 cm³/mol. The van der Waals surface area contributed by atoms with E-state index in [1.54, 1.807) is 17.2 Å². The molecule has 0 saturated carbocycles. The highest BCUT2D eigenvalue weighted by Gasteiger charge is 2.28. The molecule has 1 unspecified atom stereocenters. The van der Waals surface area contributed by atoms with Crippen LogP contribution >= 0.6 is 11.6 Å². The van der Waals surface area contributed by atoms with Gasteiger partial charge in [-0.25, -0.2) is 9.18 Å². The summed E-state index contributed by atoms with van der Waals surface area (Å²) in [6, 6.07) is 10.8. The molecular formula is C22H23ClFN3O2. The maximum atomic E-state index is 13.4. The fraction of sp³-hybridized carbons (Fsp3) is 0.273. The van der Waals surface area contributed by atoms with E-state index in [1.807, 2.05) is 39.0 Å². The third-order valence-corrected chi connectivity index (χ3v) is 5.19. The Hall–Kier alpha value is -2.86. The number of halogens is 2. The Morgan fingerprint density at radius 3 is 2.52 bits per heavy atom. The number of nitrogens with zero attached hydrogens (tertiary/aromatic N) is 1. The molecule has 2 N–H and O–H groups in total. The van der Waals surface area contributed by atoms with E-state index in [1.165, 1.54) is 18.2 Å². The van der Waals surface area contributed by atoms with Gasteiger partial charge in [-0.15, -0.1) is 0 Å². The standard InChI is InChI=1S/C22H23ClFN3O2/c1-4-27(22(29)26-14-9-10-19(24)18(23)11-14)20(13(2)3)17-12-25-21(28)16-8-6-5-7-15(16)17/h5-13,20H,4H2,1-3H3,(H,25,28)(H,26,29). The zero-order valence-corrected chi connectivity index (χ0v) is 17.3. The Kier molecular flexibility index (Phi) is 6.23. The van der Waals surface area contributed by atoms with Gasteiger partial charge in [-0.2, -0.15) is 0 Å². The lowest BCUT2D eigenvalue weighted by atomic mass is 9.92. The minimum Gasteiger partial charge on any atom is -0.328 e. The van der Waals surface area contributed by atoms with E-state index in [2.05, 4.69) is 10.3 Å². The molecule has 1 atom stereocenters. The summed E-state index contributed by atoms with van der Waals surface area (Å²) < 4.78 is 13.4. The van der Waals surface area contributed by atoms with Gasteiger partial charge in [0, 0.05) is 23.8 Å². The Balaban J connectivity index is 2.01. The molecule has 1 heterocycles. The summed E-state index contributed by atoms with van der Waals surface area (Å²) in [5.41, 5.74) is 1.11. The van der Waals surface area contributed by atoms with Crippen LogP contribution < -0.4 is 10.9 Å². The fourth-order valence-electron chi connectivity index (χ4n) is 3.60. The SMILES string of the molecule is CCN(C(=O)Nc1ccc(F)c(Cl)c1)C(c1c[nH]c(=O)c2ccccc12)C(C)C. The summed E-state index contributed by atoms with van der Waals surface area (Å²) in [6.07, 6.45) is 1.68. The van der Waals surface area contributed by atoms with Gasteiger partial charge in [0.25, 0.3) is 5.56 Å². The first kappa shape index (κ1) is 20.9. The molecule has 1 aromatic heterocycles. The van der Waals surface area contributed by atoms with Gasteiger partial charge >= 0.3 is 6.03 Å². The smallest absolute Gasteiger partial charge is 0.322 e. The Labute approximate surface area is 173 Å². The molecule has 0 saturated heterocycles. The number of fused-ring (bicyclic) bond motifs is 1. The van der Waals surface area contributed by atoms with Gasteiger partial charge in [0.05, 0.1) is 11.1 Å². The molecule has 152 valence electrons. The lowest BCUT2D eigenvalue weighted by Gasteiger charge is -2.34. The fourth-order valence-corrected chi connectivity index (χ4v) is 3.78. The van der Waals surface area contributed by atoms with Crippen molar-refractivity contribution in [2.45, 2.75) is 26.8 Å². The van der Waals surface area contributed by atoms with E-state index in [4.69, 9.17) is 11.6 Å². The summed E-state index contributed by atoms with van der Waals surface area (Å²) in [5.74, 6) is -0.469. The molecule has 3 rings (SSSR count). The molecule has 7 heteroatoms. The molecule has 0 aliphatic carbocycles. The van der Waals surface area contributed by atoms with Crippen LogP contribution in [-0.4, -0.2) is 22.5 Å². The Morgan fingerprint density at radius 2 is 1.90 bits per heavy atom. The van der Waals surface area contributed by atoms with Crippen molar-refractivity contribution in [2.24, 2.45) is 5.92 Å². The van der Waals surface area contributed by atoms with Crippen molar-refractivity contribution in [1.29, 1.82) is 0 Å². The average Bonchev–Trinajstić information content (AvgIpc) is 2.69. The quantitative estimate of drug-likeness (QED) is 0.572. The molecule has 2 amide bonds. The van der Waals surface area contributed by atoms with E-state index >= 15 is 0 Å². The van der Waals surface area contributed by atoms with Gasteiger partial charge in [-0.3, -0.25) is 4.79 Å². The maximum absolute atomic E-state index is 13.4. The average molecular weight is 416 g/mol. The van der Waals surface area contributed by atoms with Gasteiger partial charge in [0.2, 0.25) is 0 Å². The van der Waals surface area contributed by atoms with Gasteiger partial charge in [-0.05, 0) is 48.1 Å². The number of aromatic amines is 1. The number of benzene rings is 2. The largest absolute Gasteiger partial charge is 0.328 e. The van der Waals surface area contributed by atoms with Crippen LogP contribution in [0.15, 0.2) is 53.5 Å². The number of pyridine rings is 1. The van der Waals surface area contributed by atoms with Crippen molar-refractivity contribution >= 4 is 34.1 Å². The normalized spacial score (nSPS) is 12.2. The summed E-state index contributed by atoms with van der Waals surface area (Å²) in [6.45, 7) is 6.38. The third kappa shape index (κ3) is 4.27. The molecule has 3 aromatic rings. The first-order valence-electron chi connectivity index (χ1n) is 9.46. The number of aromatic nitrogens is 1. The van der Waals surface area contributed by atoms with Crippen LogP contribution in [0.25, 0.3) is 10.8 Å². The lowest BCUT2D eigenvalue weighted by molar-refractivity contribution is 0.172. The minimum absolute atomic E-state index is 0.0575. The van der Waals surface area contributed by atoms with E-state index in [-0.39, 0.29) is 28.6 Å². The van der Waals surface area contributed by atoms with Gasteiger partial charge in [0.15, 0.2) is 0 Å². The topological polar surface area (TPSA) is 65.2 Å². The van der Waals surface area contributed by atoms with E-state index in [0.29, 0.717) is 17.6 Å². The summed E-state index contributed by atoms with van der Waals surface area (Å²) in [4.78, 5) is 29.8. The zero-order valence-electron chi connectivity index (χ0n) is 16.5. The Morgan fingerprint density at radius 1 is 1.21 bits per heavy atom. The van der Waals surface area contributed by atoms with Crippen molar-refractivity contribution in [3.63, 3.8) is 0 Å². The predicted octanol–water partition coefficient (Wildman–Crippen LogP) is 5.57. The molecule has 0 aliphatic rings. The molecule has 2 aromatic carbocycles. The van der Waals surface area contributed by atoms with E-state index in [0.717, 1.165) is 10.9 Å². The van der Waals surface area contributed by atoms with Crippen molar-refractivity contribution in [3.8, 4) is 0 Å². The van der Waals surface area contributed by atoms with Crippen molar-refractivity contribution < 1.29 is 9.18 Å². The number of anilines is 1. The monoisotopic (exact) mass is 415 g/mol. The molecule has 5 nitrogen and oxygen atoms in total. The number of hydrogen-bond acceptors (Lipinski definition) is 2. The van der Waals surface area contributed by atoms with Crippen molar-refractivity contribution in [2.75, 3.05) is 11.9 Å². The number of carbonyl (C=O) groups excluding carboxylic acids is 1. The summed E-state index contributed by atoms with van der Waals surface area (Å²) >= 11 is 5.83. The lowest BCUT2D eigenvalue weighted by Crippen LogP contribution is -2.40. The highest BCUT2D eigenvalue weighted by molar-refractivity contribution is 6.31. The van der Waals surface area contributed by atoms with Crippen LogP contribution in [0.2, 0.25) is 5.02 Å². The second-order valence-electron chi connectivity index (χ2n) is 7.15. The number of carbonyl (C=O) groups is 1. The van der Waals surface area contributed by atoms with Gasteiger partial charge < -0.3 is 15.2 Å². The molecule has 0 radical (unpaired) electrons. The van der Waals surface area contributed by atoms with Crippen molar-refractivity contribution in [1.82, 2.24) is 9.88 Å². The van der Waals surface area contributed by atoms with Crippen LogP contribution in [-0.2, 0) is 0 Å². The zero-order chi connectivity index (χ0) is 21.1. The van der Waals surface area contributed by atoms with Crippen LogP contribution in [0.1, 0.15) is 32.4 Å². The second kappa shape index (κ2) is 8.66. The number of hydrogen-bond donors (Lipinski definition) is 2. The number of H-pyrrole nitrogens is 1. The number of rotatable bonds is 5. The van der Waals surface area contributed by atoms with Crippen molar-refractivity contribution in [3.05, 3.63) is 75.4 Å².